The molecule has 0 N–H and O–H groups in total. The minimum Gasteiger partial charge on any atom is -0.0581 e. The Hall–Kier alpha value is -0.0138. The molecule has 0 amide bonds. The topological polar surface area (TPSA) is 0 Å². The summed E-state index contributed by atoms with van der Waals surface area (Å²) in [7, 11) is 0. The van der Waals surface area contributed by atoms with Crippen molar-refractivity contribution in [2.24, 2.45) is 0 Å². The summed E-state index contributed by atoms with van der Waals surface area (Å²) in [6, 6.07) is 11.6. The van der Waals surface area contributed by atoms with E-state index in [0.29, 0.717) is 0 Å². The van der Waals surface area contributed by atoms with Crippen molar-refractivity contribution in [2.45, 2.75) is 38.0 Å². The van der Waals surface area contributed by atoms with E-state index in [9.17, 15) is 0 Å². The zero-order chi connectivity index (χ0) is 8.23. The Labute approximate surface area is 96.9 Å². The summed E-state index contributed by atoms with van der Waals surface area (Å²) in [4.78, 5) is 0. The zero-order valence-electron chi connectivity index (χ0n) is 7.42. The van der Waals surface area contributed by atoms with Crippen LogP contribution in [0.2, 0.25) is 0 Å². The molecule has 0 heterocycles. The molecule has 1 aliphatic rings. The van der Waals surface area contributed by atoms with Crippen molar-refractivity contribution < 1.29 is 0 Å². The van der Waals surface area contributed by atoms with Gasteiger partial charge in [0.1, 0.15) is 0 Å². The lowest BCUT2D eigenvalue weighted by atomic mass is 9.84. The predicted octanol–water partition coefficient (Wildman–Crippen LogP) is 2.62. The van der Waals surface area contributed by atoms with Crippen LogP contribution in [0.1, 0.15) is 43.6 Å². The van der Waals surface area contributed by atoms with E-state index in [1.165, 1.54) is 37.7 Å². The van der Waals surface area contributed by atoms with Crippen LogP contribution < -0.4 is 0 Å². The second kappa shape index (κ2) is 5.66. The van der Waals surface area contributed by atoms with Crippen LogP contribution in [-0.2, 0) is 0 Å². The van der Waals surface area contributed by atoms with Gasteiger partial charge >= 0.3 is 23.1 Å². The summed E-state index contributed by atoms with van der Waals surface area (Å²) in [5.74, 6) is 0.841. The van der Waals surface area contributed by atoms with Crippen LogP contribution in [0.4, 0.5) is 0 Å². The molecule has 0 bridgehead atoms. The van der Waals surface area contributed by atoms with Gasteiger partial charge in [0.05, 0.1) is 0 Å². The van der Waals surface area contributed by atoms with Crippen molar-refractivity contribution in [3.8, 4) is 0 Å². The third-order valence-electron chi connectivity index (χ3n) is 2.82. The lowest BCUT2D eigenvalue weighted by Crippen LogP contribution is -2.03. The molecule has 67 valence electrons. The molecule has 0 aromatic heterocycles. The fraction of sp³-hybridized carbons (Fsp3) is 0.500. The number of benzene rings is 1. The van der Waals surface area contributed by atoms with Crippen molar-refractivity contribution in [1.29, 1.82) is 0 Å². The Morgan fingerprint density at radius 3 is 2.23 bits per heavy atom. The predicted molar refractivity (Wildman–Crippen MR) is 59.6 cm³/mol. The number of hydrogen-bond acceptors (Lipinski definition) is 0. The Balaban J connectivity index is 0.000000845. The quantitative estimate of drug-likeness (QED) is 0.590. The van der Waals surface area contributed by atoms with Gasteiger partial charge in [-0.05, 0) is 30.4 Å². The molecule has 0 spiro atoms. The van der Waals surface area contributed by atoms with Crippen LogP contribution in [-0.4, -0.2) is 23.1 Å². The fourth-order valence-corrected chi connectivity index (χ4v) is 2.11. The Morgan fingerprint density at radius 2 is 1.62 bits per heavy atom. The largest absolute Gasteiger partial charge is 0.316 e. The molecule has 1 radical (unpaired) electrons. The van der Waals surface area contributed by atoms with E-state index < -0.39 is 0 Å². The lowest BCUT2D eigenvalue weighted by Gasteiger charge is -2.21. The molecule has 13 heavy (non-hydrogen) atoms. The normalized spacial score (nSPS) is 17.8. The molecular formula is C12H17Mg. The van der Waals surface area contributed by atoms with Gasteiger partial charge in [0.15, 0.2) is 0 Å². The number of hydrogen-bond donors (Lipinski definition) is 0. The van der Waals surface area contributed by atoms with Crippen molar-refractivity contribution in [1.82, 2.24) is 0 Å². The van der Waals surface area contributed by atoms with Crippen molar-refractivity contribution in [3.05, 3.63) is 35.9 Å². The molecule has 0 saturated heterocycles. The minimum absolute atomic E-state index is 0. The minimum atomic E-state index is 0. The van der Waals surface area contributed by atoms with Crippen molar-refractivity contribution >= 4 is 23.1 Å². The highest BCUT2D eigenvalue weighted by atomic mass is 24.3. The highest BCUT2D eigenvalue weighted by Gasteiger charge is 2.14. The third kappa shape index (κ3) is 2.99. The summed E-state index contributed by atoms with van der Waals surface area (Å²) >= 11 is 0. The molecule has 0 nitrogen and oxygen atoms in total. The van der Waals surface area contributed by atoms with Crippen molar-refractivity contribution in [2.75, 3.05) is 0 Å². The monoisotopic (exact) mass is 185 g/mol. The maximum Gasteiger partial charge on any atom is 0.316 e. The maximum absolute atomic E-state index is 3.07. The van der Waals surface area contributed by atoms with E-state index in [1.54, 1.807) is 0 Å². The molecule has 1 aromatic rings. The summed E-state index contributed by atoms with van der Waals surface area (Å²) in [6.45, 7) is 0. The van der Waals surface area contributed by atoms with Gasteiger partial charge in [0.25, 0.3) is 0 Å². The van der Waals surface area contributed by atoms with Gasteiger partial charge < -0.3 is 0 Å². The van der Waals surface area contributed by atoms with Gasteiger partial charge in [-0.15, -0.1) is 0 Å². The molecule has 1 aromatic carbocycles. The van der Waals surface area contributed by atoms with E-state index in [4.69, 9.17) is 0 Å². The first-order valence-electron chi connectivity index (χ1n) is 4.93. The van der Waals surface area contributed by atoms with Crippen LogP contribution >= 0.6 is 0 Å². The summed E-state index contributed by atoms with van der Waals surface area (Å²) in [6.07, 6.45) is 7.07. The summed E-state index contributed by atoms with van der Waals surface area (Å²) in [5.41, 5.74) is 1.52. The van der Waals surface area contributed by atoms with Crippen LogP contribution in [0, 0.1) is 6.07 Å². The first kappa shape index (κ1) is 11.1. The molecule has 0 aliphatic heterocycles. The molecule has 2 rings (SSSR count). The molecule has 0 atom stereocenters. The van der Waals surface area contributed by atoms with Gasteiger partial charge in [-0.2, -0.15) is 0 Å². The standard InChI is InChI=1S/C12H15.Mg.2H/c1-3-7-11(8-4-1)12-9-5-2-6-10-12;;;/h5-6,9-11H,1,3-4,7-8H2;;;. The highest BCUT2D eigenvalue weighted by molar-refractivity contribution is 5.75. The van der Waals surface area contributed by atoms with Gasteiger partial charge in [-0.3, -0.25) is 0 Å². The molecule has 1 saturated carbocycles. The van der Waals surface area contributed by atoms with E-state index in [1.807, 2.05) is 12.1 Å². The third-order valence-corrected chi connectivity index (χ3v) is 2.82. The molecule has 1 fully saturated rings. The zero-order valence-corrected chi connectivity index (χ0v) is 7.42. The number of rotatable bonds is 1. The second-order valence-corrected chi connectivity index (χ2v) is 3.67. The first-order valence-corrected chi connectivity index (χ1v) is 4.93. The Bertz CT molecular complexity index is 224. The van der Waals surface area contributed by atoms with Gasteiger partial charge in [0.2, 0.25) is 0 Å². The lowest BCUT2D eigenvalue weighted by molar-refractivity contribution is 0.443. The van der Waals surface area contributed by atoms with Gasteiger partial charge in [0, 0.05) is 0 Å². The van der Waals surface area contributed by atoms with Crippen molar-refractivity contribution in [3.63, 3.8) is 0 Å². The second-order valence-electron chi connectivity index (χ2n) is 3.67. The smallest absolute Gasteiger partial charge is 0.0581 e. The van der Waals surface area contributed by atoms with Crippen LogP contribution in [0.5, 0.6) is 0 Å². The first-order chi connectivity index (χ1) is 5.97. The van der Waals surface area contributed by atoms with Crippen LogP contribution in [0.25, 0.3) is 0 Å². The van der Waals surface area contributed by atoms with Crippen LogP contribution in [0.15, 0.2) is 24.3 Å². The van der Waals surface area contributed by atoms with E-state index in [-0.39, 0.29) is 23.1 Å². The highest BCUT2D eigenvalue weighted by Crippen LogP contribution is 2.31. The van der Waals surface area contributed by atoms with E-state index in [0.717, 1.165) is 5.92 Å². The van der Waals surface area contributed by atoms with Crippen LogP contribution in [0.3, 0.4) is 0 Å². The SMILES string of the molecule is [MgH2].[c]1ccc(C2CCCCC2)cc1. The summed E-state index contributed by atoms with van der Waals surface area (Å²) < 4.78 is 0. The van der Waals surface area contributed by atoms with E-state index in [2.05, 4.69) is 18.2 Å². The average molecular weight is 186 g/mol. The summed E-state index contributed by atoms with van der Waals surface area (Å²) in [5, 5.41) is 0. The molecular weight excluding hydrogens is 168 g/mol. The Kier molecular flexibility index (Phi) is 4.82. The fourth-order valence-electron chi connectivity index (χ4n) is 2.11. The molecule has 0 unspecified atom stereocenters. The maximum atomic E-state index is 3.07. The van der Waals surface area contributed by atoms with Gasteiger partial charge in [-0.25, -0.2) is 0 Å². The van der Waals surface area contributed by atoms with Gasteiger partial charge in [-0.1, -0.05) is 43.5 Å². The molecule has 1 aliphatic carbocycles. The Morgan fingerprint density at radius 1 is 1.00 bits per heavy atom. The average Bonchev–Trinajstić information content (AvgIpc) is 2.21. The molecule has 1 heteroatoms. The van der Waals surface area contributed by atoms with E-state index >= 15 is 0 Å².